The van der Waals surface area contributed by atoms with Gasteiger partial charge in [0.05, 0.1) is 0 Å². The summed E-state index contributed by atoms with van der Waals surface area (Å²) in [7, 11) is 0. The normalized spacial score (nSPS) is 14.9. The molecule has 0 unspecified atom stereocenters. The fourth-order valence-electron chi connectivity index (χ4n) is 3.65. The number of likely N-dealkylation sites (tertiary alicyclic amines) is 1. The second-order valence-corrected chi connectivity index (χ2v) is 7.05. The summed E-state index contributed by atoms with van der Waals surface area (Å²) in [5.74, 6) is -0.244. The number of carbonyl (C=O) groups is 2. The minimum absolute atomic E-state index is 0.0170. The molecule has 1 aromatic heterocycles. The maximum absolute atomic E-state index is 13.0. The van der Waals surface area contributed by atoms with Crippen molar-refractivity contribution in [3.63, 3.8) is 0 Å². The van der Waals surface area contributed by atoms with E-state index >= 15 is 0 Å². The van der Waals surface area contributed by atoms with Crippen LogP contribution in [0, 0.1) is 12.8 Å². The third-order valence-corrected chi connectivity index (χ3v) is 5.39. The van der Waals surface area contributed by atoms with E-state index in [2.05, 4.69) is 14.7 Å². The Morgan fingerprint density at radius 3 is 2.50 bits per heavy atom. The van der Waals surface area contributed by atoms with Gasteiger partial charge in [-0.3, -0.25) is 19.1 Å². The van der Waals surface area contributed by atoms with Crippen molar-refractivity contribution in [2.24, 2.45) is 5.92 Å². The Bertz CT molecular complexity index is 905. The van der Waals surface area contributed by atoms with Crippen molar-refractivity contribution >= 4 is 11.8 Å². The molecule has 0 saturated carbocycles. The molecular formula is C20H26N4O4. The van der Waals surface area contributed by atoms with E-state index in [1.165, 1.54) is 0 Å². The zero-order chi connectivity index (χ0) is 20.3. The summed E-state index contributed by atoms with van der Waals surface area (Å²) in [6.07, 6.45) is 1.35. The van der Waals surface area contributed by atoms with Crippen LogP contribution in [0.5, 0.6) is 0 Å². The topological polar surface area (TPSA) is 99.5 Å². The van der Waals surface area contributed by atoms with E-state index in [1.54, 1.807) is 17.0 Å². The van der Waals surface area contributed by atoms with Gasteiger partial charge in [0, 0.05) is 43.2 Å². The van der Waals surface area contributed by atoms with E-state index < -0.39 is 5.76 Å². The fourth-order valence-corrected chi connectivity index (χ4v) is 3.65. The van der Waals surface area contributed by atoms with Crippen LogP contribution in [-0.2, 0) is 4.79 Å². The van der Waals surface area contributed by atoms with Crippen LogP contribution in [-0.4, -0.2) is 57.9 Å². The van der Waals surface area contributed by atoms with E-state index in [4.69, 9.17) is 0 Å². The average molecular weight is 386 g/mol. The zero-order valence-corrected chi connectivity index (χ0v) is 16.5. The maximum atomic E-state index is 13.0. The lowest BCUT2D eigenvalue weighted by molar-refractivity contribution is -0.136. The molecule has 1 aliphatic rings. The van der Waals surface area contributed by atoms with Crippen molar-refractivity contribution in [1.29, 1.82) is 0 Å². The number of hydrogen-bond donors (Lipinski definition) is 1. The number of nitrogens with one attached hydrogen (secondary N) is 1. The highest BCUT2D eigenvalue weighted by Crippen LogP contribution is 2.24. The van der Waals surface area contributed by atoms with Crippen molar-refractivity contribution in [1.82, 2.24) is 19.9 Å². The van der Waals surface area contributed by atoms with Crippen LogP contribution in [0.15, 0.2) is 27.5 Å². The summed E-state index contributed by atoms with van der Waals surface area (Å²) >= 11 is 0. The van der Waals surface area contributed by atoms with Crippen LogP contribution in [0.4, 0.5) is 0 Å². The van der Waals surface area contributed by atoms with E-state index in [9.17, 15) is 14.4 Å². The molecule has 0 spiro atoms. The zero-order valence-electron chi connectivity index (χ0n) is 16.5. The van der Waals surface area contributed by atoms with E-state index in [-0.39, 0.29) is 17.7 Å². The molecule has 1 fully saturated rings. The Kier molecular flexibility index (Phi) is 5.96. The van der Waals surface area contributed by atoms with Crippen LogP contribution in [0.1, 0.15) is 42.6 Å². The van der Waals surface area contributed by atoms with Crippen LogP contribution >= 0.6 is 0 Å². The number of H-pyrrole nitrogens is 1. The van der Waals surface area contributed by atoms with Crippen molar-refractivity contribution < 1.29 is 14.1 Å². The summed E-state index contributed by atoms with van der Waals surface area (Å²) in [5, 5.41) is 3.68. The first kappa shape index (κ1) is 19.9. The molecule has 0 bridgehead atoms. The van der Waals surface area contributed by atoms with Gasteiger partial charge in [0.15, 0.2) is 5.82 Å². The maximum Gasteiger partial charge on any atom is 0.439 e. The first-order valence-electron chi connectivity index (χ1n) is 9.69. The monoisotopic (exact) mass is 386 g/mol. The third kappa shape index (κ3) is 4.00. The molecule has 1 N–H and O–H groups in total. The van der Waals surface area contributed by atoms with Gasteiger partial charge in [-0.15, -0.1) is 0 Å². The number of aryl methyl sites for hydroxylation is 1. The van der Waals surface area contributed by atoms with Crippen LogP contribution in [0.25, 0.3) is 11.4 Å². The molecule has 1 aliphatic heterocycles. The predicted molar refractivity (Wildman–Crippen MR) is 104 cm³/mol. The van der Waals surface area contributed by atoms with Gasteiger partial charge >= 0.3 is 5.76 Å². The number of piperidine rings is 1. The summed E-state index contributed by atoms with van der Waals surface area (Å²) in [4.78, 5) is 42.9. The van der Waals surface area contributed by atoms with E-state index in [0.717, 1.165) is 5.56 Å². The number of aromatic amines is 1. The van der Waals surface area contributed by atoms with Crippen molar-refractivity contribution in [2.45, 2.75) is 33.6 Å². The minimum Gasteiger partial charge on any atom is -0.343 e. The quantitative estimate of drug-likeness (QED) is 0.848. The highest BCUT2D eigenvalue weighted by atomic mass is 16.5. The molecule has 1 aromatic carbocycles. The molecule has 1 saturated heterocycles. The molecule has 8 heteroatoms. The van der Waals surface area contributed by atoms with Gasteiger partial charge in [0.25, 0.3) is 5.91 Å². The number of benzene rings is 1. The number of amides is 2. The highest BCUT2D eigenvalue weighted by Gasteiger charge is 2.30. The molecule has 8 nitrogen and oxygen atoms in total. The third-order valence-electron chi connectivity index (χ3n) is 5.39. The number of nitrogens with zero attached hydrogens (tertiary/aromatic N) is 3. The molecule has 3 rings (SSSR count). The van der Waals surface area contributed by atoms with Crippen molar-refractivity contribution in [3.05, 3.63) is 39.9 Å². The Balaban J connectivity index is 1.72. The number of aromatic nitrogens is 2. The molecular weight excluding hydrogens is 360 g/mol. The van der Waals surface area contributed by atoms with Crippen LogP contribution in [0.2, 0.25) is 0 Å². The Morgan fingerprint density at radius 1 is 1.25 bits per heavy atom. The van der Waals surface area contributed by atoms with Gasteiger partial charge in [-0.05, 0) is 45.2 Å². The number of carbonyl (C=O) groups excluding carboxylic acids is 2. The highest BCUT2D eigenvalue weighted by molar-refractivity contribution is 5.97. The van der Waals surface area contributed by atoms with Gasteiger partial charge in [0.1, 0.15) is 0 Å². The van der Waals surface area contributed by atoms with Crippen molar-refractivity contribution in [2.75, 3.05) is 26.2 Å². The Morgan fingerprint density at radius 2 is 1.93 bits per heavy atom. The first-order chi connectivity index (χ1) is 13.4. The smallest absolute Gasteiger partial charge is 0.343 e. The minimum atomic E-state index is -0.636. The lowest BCUT2D eigenvalue weighted by atomic mass is 9.94. The largest absolute Gasteiger partial charge is 0.439 e. The second kappa shape index (κ2) is 8.41. The molecule has 0 aliphatic carbocycles. The predicted octanol–water partition coefficient (Wildman–Crippen LogP) is 2.06. The molecule has 28 heavy (non-hydrogen) atoms. The SMILES string of the molecule is CCN(CC)C(=O)C1CCN(C(=O)c2cc(-c3noc(=O)[nH]3)ccc2C)CC1. The van der Waals surface area contributed by atoms with Gasteiger partial charge in [-0.25, -0.2) is 4.79 Å². The standard InChI is InChI=1S/C20H26N4O4/c1-4-23(5-2)18(25)14-8-10-24(11-9-14)19(26)16-12-15(7-6-13(16)3)17-21-20(27)28-22-17/h6-7,12,14H,4-5,8-11H2,1-3H3,(H,21,22,27). The Labute approximate surface area is 163 Å². The fraction of sp³-hybridized carbons (Fsp3) is 0.500. The van der Waals surface area contributed by atoms with E-state index in [1.807, 2.05) is 31.7 Å². The van der Waals surface area contributed by atoms with Gasteiger partial charge in [-0.2, -0.15) is 0 Å². The average Bonchev–Trinajstić information content (AvgIpc) is 3.15. The lowest BCUT2D eigenvalue weighted by Gasteiger charge is -2.34. The molecule has 2 amide bonds. The first-order valence-corrected chi connectivity index (χ1v) is 9.69. The molecule has 0 atom stereocenters. The van der Waals surface area contributed by atoms with E-state index in [0.29, 0.717) is 56.0 Å². The Hall–Kier alpha value is -2.90. The summed E-state index contributed by atoms with van der Waals surface area (Å²) in [5.41, 5.74) is 2.03. The van der Waals surface area contributed by atoms with Crippen LogP contribution < -0.4 is 5.76 Å². The summed E-state index contributed by atoms with van der Waals surface area (Å²) < 4.78 is 4.55. The number of hydrogen-bond acceptors (Lipinski definition) is 5. The number of rotatable bonds is 5. The lowest BCUT2D eigenvalue weighted by Crippen LogP contribution is -2.44. The summed E-state index contributed by atoms with van der Waals surface area (Å²) in [6, 6.07) is 5.33. The van der Waals surface area contributed by atoms with Gasteiger partial charge < -0.3 is 9.80 Å². The van der Waals surface area contributed by atoms with Crippen molar-refractivity contribution in [3.8, 4) is 11.4 Å². The van der Waals surface area contributed by atoms with Gasteiger partial charge in [0.2, 0.25) is 5.91 Å². The summed E-state index contributed by atoms with van der Waals surface area (Å²) in [6.45, 7) is 8.38. The van der Waals surface area contributed by atoms with Gasteiger partial charge in [-0.1, -0.05) is 17.3 Å². The molecule has 0 radical (unpaired) electrons. The molecule has 2 heterocycles. The second-order valence-electron chi connectivity index (χ2n) is 7.05. The molecule has 150 valence electrons. The van der Waals surface area contributed by atoms with Crippen LogP contribution in [0.3, 0.4) is 0 Å². The molecule has 2 aromatic rings.